The standard InChI is InChI=1S/C6H8F3N/c1-4(3-10)5(2)6(7,8)9/h4-5H,1-2H3/t4-,5?/m0/s1. The maximum Gasteiger partial charge on any atom is 0.392 e. The van der Waals surface area contributed by atoms with E-state index in [9.17, 15) is 13.2 Å². The van der Waals surface area contributed by atoms with E-state index >= 15 is 0 Å². The Morgan fingerprint density at radius 2 is 1.70 bits per heavy atom. The van der Waals surface area contributed by atoms with Crippen LogP contribution in [-0.2, 0) is 0 Å². The first-order valence-electron chi connectivity index (χ1n) is 2.86. The van der Waals surface area contributed by atoms with E-state index < -0.39 is 18.0 Å². The van der Waals surface area contributed by atoms with Gasteiger partial charge in [-0.3, -0.25) is 0 Å². The third-order valence-corrected chi connectivity index (χ3v) is 1.47. The zero-order valence-electron chi connectivity index (χ0n) is 5.74. The lowest BCUT2D eigenvalue weighted by Gasteiger charge is -2.16. The van der Waals surface area contributed by atoms with Crippen molar-refractivity contribution in [1.82, 2.24) is 0 Å². The zero-order valence-corrected chi connectivity index (χ0v) is 5.74. The molecule has 58 valence electrons. The van der Waals surface area contributed by atoms with Gasteiger partial charge in [0, 0.05) is 0 Å². The molecule has 0 aliphatic carbocycles. The molecule has 0 aliphatic heterocycles. The number of nitrogens with zero attached hydrogens (tertiary/aromatic N) is 1. The number of halogens is 3. The minimum atomic E-state index is -4.24. The maximum absolute atomic E-state index is 11.7. The van der Waals surface area contributed by atoms with Crippen LogP contribution < -0.4 is 0 Å². The van der Waals surface area contributed by atoms with Crippen molar-refractivity contribution in [3.63, 3.8) is 0 Å². The van der Waals surface area contributed by atoms with Gasteiger partial charge >= 0.3 is 6.18 Å². The predicted octanol–water partition coefficient (Wildman–Crippen LogP) is 2.34. The average Bonchev–Trinajstić information content (AvgIpc) is 1.83. The molecule has 0 saturated heterocycles. The fourth-order valence-electron chi connectivity index (χ4n) is 0.395. The SMILES string of the molecule is CC([C@@H](C)C#N)C(F)(F)F. The molecule has 2 atom stereocenters. The highest BCUT2D eigenvalue weighted by molar-refractivity contribution is 4.85. The van der Waals surface area contributed by atoms with Gasteiger partial charge in [0.05, 0.1) is 17.9 Å². The van der Waals surface area contributed by atoms with E-state index in [0.29, 0.717) is 0 Å². The highest BCUT2D eigenvalue weighted by atomic mass is 19.4. The molecule has 0 saturated carbocycles. The fourth-order valence-corrected chi connectivity index (χ4v) is 0.395. The van der Waals surface area contributed by atoms with E-state index in [-0.39, 0.29) is 0 Å². The van der Waals surface area contributed by atoms with Crippen LogP contribution in [0.2, 0.25) is 0 Å². The molecule has 4 heteroatoms. The number of hydrogen-bond donors (Lipinski definition) is 0. The maximum atomic E-state index is 11.7. The Balaban J connectivity index is 4.11. The van der Waals surface area contributed by atoms with E-state index in [1.807, 2.05) is 0 Å². The van der Waals surface area contributed by atoms with Crippen LogP contribution >= 0.6 is 0 Å². The molecule has 0 fully saturated rings. The summed E-state index contributed by atoms with van der Waals surface area (Å²) in [5.74, 6) is -2.49. The van der Waals surface area contributed by atoms with Crippen molar-refractivity contribution in [3.8, 4) is 6.07 Å². The lowest BCUT2D eigenvalue weighted by Crippen LogP contribution is -2.25. The molecule has 0 amide bonds. The van der Waals surface area contributed by atoms with Crippen molar-refractivity contribution in [2.24, 2.45) is 11.8 Å². The summed E-state index contributed by atoms with van der Waals surface area (Å²) in [5.41, 5.74) is 0. The molecular formula is C6H8F3N. The number of hydrogen-bond acceptors (Lipinski definition) is 1. The van der Waals surface area contributed by atoms with Crippen LogP contribution in [0.4, 0.5) is 13.2 Å². The summed E-state index contributed by atoms with van der Waals surface area (Å²) in [5, 5.41) is 8.12. The molecule has 0 radical (unpaired) electrons. The summed E-state index contributed by atoms with van der Waals surface area (Å²) in [6.07, 6.45) is -4.24. The second-order valence-electron chi connectivity index (χ2n) is 2.25. The molecular weight excluding hydrogens is 143 g/mol. The molecule has 0 heterocycles. The van der Waals surface area contributed by atoms with Crippen LogP contribution in [0, 0.1) is 23.2 Å². The van der Waals surface area contributed by atoms with E-state index in [1.165, 1.54) is 6.92 Å². The van der Waals surface area contributed by atoms with Crippen LogP contribution in [0.25, 0.3) is 0 Å². The monoisotopic (exact) mass is 151 g/mol. The second kappa shape index (κ2) is 2.91. The van der Waals surface area contributed by atoms with Gasteiger partial charge < -0.3 is 0 Å². The quantitative estimate of drug-likeness (QED) is 0.564. The second-order valence-corrected chi connectivity index (χ2v) is 2.25. The zero-order chi connectivity index (χ0) is 8.36. The van der Waals surface area contributed by atoms with Crippen molar-refractivity contribution in [3.05, 3.63) is 0 Å². The summed E-state index contributed by atoms with van der Waals surface area (Å²) < 4.78 is 35.2. The summed E-state index contributed by atoms with van der Waals surface area (Å²) in [6.45, 7) is 2.27. The minimum Gasteiger partial charge on any atom is -0.198 e. The molecule has 10 heavy (non-hydrogen) atoms. The molecule has 0 bridgehead atoms. The Labute approximate surface area is 57.5 Å². The molecule has 0 aromatic carbocycles. The Bertz CT molecular complexity index is 144. The summed E-state index contributed by atoms with van der Waals surface area (Å²) >= 11 is 0. The molecule has 0 rings (SSSR count). The summed E-state index contributed by atoms with van der Waals surface area (Å²) in [7, 11) is 0. The minimum absolute atomic E-state index is 0.958. The van der Waals surface area contributed by atoms with E-state index in [2.05, 4.69) is 0 Å². The molecule has 0 spiro atoms. The van der Waals surface area contributed by atoms with Crippen LogP contribution in [0.3, 0.4) is 0 Å². The van der Waals surface area contributed by atoms with Crippen molar-refractivity contribution < 1.29 is 13.2 Å². The van der Waals surface area contributed by atoms with Crippen molar-refractivity contribution in [1.29, 1.82) is 5.26 Å². The first-order valence-corrected chi connectivity index (χ1v) is 2.86. The third kappa shape index (κ3) is 2.26. The molecule has 1 unspecified atom stereocenters. The largest absolute Gasteiger partial charge is 0.392 e. The Morgan fingerprint density at radius 1 is 1.30 bits per heavy atom. The van der Waals surface area contributed by atoms with Crippen LogP contribution in [0.15, 0.2) is 0 Å². The molecule has 0 aromatic rings. The number of nitriles is 1. The lowest BCUT2D eigenvalue weighted by molar-refractivity contribution is -0.177. The average molecular weight is 151 g/mol. The molecule has 0 N–H and O–H groups in total. The van der Waals surface area contributed by atoms with Gasteiger partial charge in [-0.1, -0.05) is 6.92 Å². The van der Waals surface area contributed by atoms with Crippen LogP contribution in [0.5, 0.6) is 0 Å². The molecule has 1 nitrogen and oxygen atoms in total. The van der Waals surface area contributed by atoms with Gasteiger partial charge in [0.15, 0.2) is 0 Å². The summed E-state index contributed by atoms with van der Waals surface area (Å²) in [6, 6.07) is 1.55. The van der Waals surface area contributed by atoms with Gasteiger partial charge in [0.1, 0.15) is 0 Å². The highest BCUT2D eigenvalue weighted by Crippen LogP contribution is 2.30. The first kappa shape index (κ1) is 9.28. The lowest BCUT2D eigenvalue weighted by atomic mass is 9.97. The van der Waals surface area contributed by atoms with Crippen LogP contribution in [-0.4, -0.2) is 6.18 Å². The van der Waals surface area contributed by atoms with E-state index in [4.69, 9.17) is 5.26 Å². The van der Waals surface area contributed by atoms with Crippen LogP contribution in [0.1, 0.15) is 13.8 Å². The van der Waals surface area contributed by atoms with Crippen molar-refractivity contribution >= 4 is 0 Å². The van der Waals surface area contributed by atoms with Crippen molar-refractivity contribution in [2.45, 2.75) is 20.0 Å². The Morgan fingerprint density at radius 3 is 1.80 bits per heavy atom. The van der Waals surface area contributed by atoms with Gasteiger partial charge in [0.25, 0.3) is 0 Å². The third-order valence-electron chi connectivity index (χ3n) is 1.47. The highest BCUT2D eigenvalue weighted by Gasteiger charge is 2.39. The fraction of sp³-hybridized carbons (Fsp3) is 0.833. The summed E-state index contributed by atoms with van der Waals surface area (Å²) in [4.78, 5) is 0. The van der Waals surface area contributed by atoms with Gasteiger partial charge in [-0.25, -0.2) is 0 Å². The van der Waals surface area contributed by atoms with Gasteiger partial charge in [-0.15, -0.1) is 0 Å². The van der Waals surface area contributed by atoms with E-state index in [0.717, 1.165) is 6.92 Å². The number of alkyl halides is 3. The van der Waals surface area contributed by atoms with Gasteiger partial charge in [0.2, 0.25) is 0 Å². The smallest absolute Gasteiger partial charge is 0.198 e. The first-order chi connectivity index (χ1) is 4.39. The van der Waals surface area contributed by atoms with Crippen molar-refractivity contribution in [2.75, 3.05) is 0 Å². The molecule has 0 aliphatic rings. The Hall–Kier alpha value is -0.720. The number of rotatable bonds is 1. The topological polar surface area (TPSA) is 23.8 Å². The Kier molecular flexibility index (Phi) is 2.70. The van der Waals surface area contributed by atoms with Gasteiger partial charge in [-0.2, -0.15) is 18.4 Å². The normalized spacial score (nSPS) is 17.6. The van der Waals surface area contributed by atoms with Gasteiger partial charge in [-0.05, 0) is 6.92 Å². The predicted molar refractivity (Wildman–Crippen MR) is 30.0 cm³/mol. The van der Waals surface area contributed by atoms with E-state index in [1.54, 1.807) is 6.07 Å². The molecule has 0 aromatic heterocycles.